The number of carbonyl (C=O) groups excluding carboxylic acids is 2. The van der Waals surface area contributed by atoms with Crippen molar-refractivity contribution in [1.29, 1.82) is 0 Å². The molecule has 0 saturated heterocycles. The maximum absolute atomic E-state index is 14.3. The van der Waals surface area contributed by atoms with Crippen LogP contribution >= 0.6 is 11.6 Å². The average Bonchev–Trinajstić information content (AvgIpc) is 3.30. The van der Waals surface area contributed by atoms with Gasteiger partial charge in [-0.15, -0.1) is 0 Å². The van der Waals surface area contributed by atoms with Crippen LogP contribution in [0, 0.1) is 12.7 Å². The number of esters is 1. The Morgan fingerprint density at radius 3 is 2.83 bits per heavy atom. The second-order valence-electron chi connectivity index (χ2n) is 6.56. The van der Waals surface area contributed by atoms with Crippen molar-refractivity contribution < 1.29 is 23.2 Å². The third-order valence-electron chi connectivity index (χ3n) is 4.78. The van der Waals surface area contributed by atoms with E-state index in [1.165, 1.54) is 25.1 Å². The molecule has 0 bridgehead atoms. The van der Waals surface area contributed by atoms with Crippen LogP contribution in [-0.2, 0) is 16.0 Å². The van der Waals surface area contributed by atoms with Gasteiger partial charge in [0.25, 0.3) is 5.91 Å². The van der Waals surface area contributed by atoms with Gasteiger partial charge in [0.15, 0.2) is 6.61 Å². The van der Waals surface area contributed by atoms with Crippen LogP contribution in [0.4, 0.5) is 10.1 Å². The number of amides is 1. The van der Waals surface area contributed by atoms with Crippen LogP contribution in [0.5, 0.6) is 0 Å². The molecule has 0 spiro atoms. The summed E-state index contributed by atoms with van der Waals surface area (Å²) in [5, 5.41) is 3.85. The lowest BCUT2D eigenvalue weighted by Gasteiger charge is -2.17. The van der Waals surface area contributed by atoms with Crippen molar-refractivity contribution in [2.24, 2.45) is 0 Å². The largest absolute Gasteiger partial charge is 0.452 e. The van der Waals surface area contributed by atoms with Crippen LogP contribution in [0.15, 0.2) is 47.0 Å². The van der Waals surface area contributed by atoms with E-state index in [0.717, 1.165) is 17.7 Å². The topological polar surface area (TPSA) is 72.6 Å². The first-order valence-electron chi connectivity index (χ1n) is 8.93. The van der Waals surface area contributed by atoms with Crippen molar-refractivity contribution in [3.05, 3.63) is 70.2 Å². The SMILES string of the molecule is Cc1onc(-c2c(F)cccc2Cl)c1C(=O)OCC(=O)N1CCc2ccccc21. The Labute approximate surface area is 170 Å². The van der Waals surface area contributed by atoms with E-state index in [0.29, 0.717) is 6.54 Å². The van der Waals surface area contributed by atoms with Gasteiger partial charge in [0, 0.05) is 12.2 Å². The zero-order chi connectivity index (χ0) is 20.5. The molecule has 2 aromatic carbocycles. The Morgan fingerprint density at radius 2 is 2.03 bits per heavy atom. The standard InChI is InChI=1S/C21H16ClFN2O4/c1-12-18(20(24-29-12)19-14(22)6-4-7-15(19)23)21(27)28-11-17(26)25-10-9-13-5-2-3-8-16(13)25/h2-8H,9-11H2,1H3. The normalized spacial score (nSPS) is 12.7. The van der Waals surface area contributed by atoms with Gasteiger partial charge in [0.1, 0.15) is 22.8 Å². The molecule has 6 nitrogen and oxygen atoms in total. The molecule has 0 atom stereocenters. The number of para-hydroxylation sites is 1. The van der Waals surface area contributed by atoms with E-state index < -0.39 is 18.4 Å². The molecular formula is C21H16ClFN2O4. The number of aryl methyl sites for hydroxylation is 1. The summed E-state index contributed by atoms with van der Waals surface area (Å²) in [6.07, 6.45) is 0.747. The second-order valence-corrected chi connectivity index (χ2v) is 6.97. The van der Waals surface area contributed by atoms with E-state index in [1.54, 1.807) is 4.90 Å². The molecule has 3 aromatic rings. The number of aromatic nitrogens is 1. The van der Waals surface area contributed by atoms with Gasteiger partial charge in [-0.2, -0.15) is 0 Å². The number of hydrogen-bond donors (Lipinski definition) is 0. The van der Waals surface area contributed by atoms with Gasteiger partial charge >= 0.3 is 5.97 Å². The van der Waals surface area contributed by atoms with Crippen LogP contribution < -0.4 is 4.90 Å². The van der Waals surface area contributed by atoms with Crippen molar-refractivity contribution in [2.75, 3.05) is 18.1 Å². The van der Waals surface area contributed by atoms with Crippen molar-refractivity contribution in [2.45, 2.75) is 13.3 Å². The number of anilines is 1. The fourth-order valence-electron chi connectivity index (χ4n) is 3.38. The third kappa shape index (κ3) is 3.49. The number of rotatable bonds is 4. The molecule has 29 heavy (non-hydrogen) atoms. The lowest BCUT2D eigenvalue weighted by atomic mass is 10.1. The van der Waals surface area contributed by atoms with E-state index in [2.05, 4.69) is 5.16 Å². The van der Waals surface area contributed by atoms with Crippen LogP contribution in [0.1, 0.15) is 21.7 Å². The van der Waals surface area contributed by atoms with Gasteiger partial charge in [0.05, 0.1) is 10.6 Å². The smallest absolute Gasteiger partial charge is 0.344 e. The summed E-state index contributed by atoms with van der Waals surface area (Å²) in [5.74, 6) is -1.69. The summed E-state index contributed by atoms with van der Waals surface area (Å²) in [6.45, 7) is 1.57. The Bertz CT molecular complexity index is 1090. The first kappa shape index (κ1) is 19.1. The summed E-state index contributed by atoms with van der Waals surface area (Å²) in [7, 11) is 0. The van der Waals surface area contributed by atoms with Crippen LogP contribution in [0.3, 0.4) is 0 Å². The highest BCUT2D eigenvalue weighted by molar-refractivity contribution is 6.33. The fourth-order valence-corrected chi connectivity index (χ4v) is 3.63. The highest BCUT2D eigenvalue weighted by atomic mass is 35.5. The molecule has 0 fully saturated rings. The molecular weight excluding hydrogens is 399 g/mol. The maximum Gasteiger partial charge on any atom is 0.344 e. The number of carbonyl (C=O) groups is 2. The fraction of sp³-hybridized carbons (Fsp3) is 0.190. The first-order valence-corrected chi connectivity index (χ1v) is 9.31. The predicted molar refractivity (Wildman–Crippen MR) is 104 cm³/mol. The van der Waals surface area contributed by atoms with Crippen LogP contribution in [0.25, 0.3) is 11.3 Å². The third-order valence-corrected chi connectivity index (χ3v) is 5.10. The van der Waals surface area contributed by atoms with E-state index in [1.807, 2.05) is 24.3 Å². The van der Waals surface area contributed by atoms with E-state index in [4.69, 9.17) is 20.9 Å². The monoisotopic (exact) mass is 414 g/mol. The molecule has 0 saturated carbocycles. The van der Waals surface area contributed by atoms with Crippen molar-refractivity contribution in [3.63, 3.8) is 0 Å². The molecule has 1 aliphatic heterocycles. The number of halogens is 2. The Morgan fingerprint density at radius 1 is 1.24 bits per heavy atom. The molecule has 0 N–H and O–H groups in total. The molecule has 0 aliphatic carbocycles. The molecule has 148 valence electrons. The number of nitrogens with zero attached hydrogens (tertiary/aromatic N) is 2. The summed E-state index contributed by atoms with van der Waals surface area (Å²) >= 11 is 6.08. The van der Waals surface area contributed by atoms with Crippen LogP contribution in [-0.4, -0.2) is 30.2 Å². The summed E-state index contributed by atoms with van der Waals surface area (Å²) in [5.41, 5.74) is 1.70. The lowest BCUT2D eigenvalue weighted by molar-refractivity contribution is -0.121. The van der Waals surface area contributed by atoms with E-state index in [9.17, 15) is 14.0 Å². The molecule has 1 aromatic heterocycles. The molecule has 2 heterocycles. The van der Waals surface area contributed by atoms with Crippen LogP contribution in [0.2, 0.25) is 5.02 Å². The van der Waals surface area contributed by atoms with E-state index >= 15 is 0 Å². The minimum absolute atomic E-state index is 0.0576. The summed E-state index contributed by atoms with van der Waals surface area (Å²) in [6, 6.07) is 11.7. The minimum Gasteiger partial charge on any atom is -0.452 e. The lowest BCUT2D eigenvalue weighted by Crippen LogP contribution is -2.33. The van der Waals surface area contributed by atoms with Crippen molar-refractivity contribution in [1.82, 2.24) is 5.16 Å². The maximum atomic E-state index is 14.3. The average molecular weight is 415 g/mol. The zero-order valence-electron chi connectivity index (χ0n) is 15.4. The van der Waals surface area contributed by atoms with Gasteiger partial charge in [-0.3, -0.25) is 4.79 Å². The number of benzene rings is 2. The van der Waals surface area contributed by atoms with Crippen molar-refractivity contribution in [3.8, 4) is 11.3 Å². The van der Waals surface area contributed by atoms with Gasteiger partial charge in [-0.05, 0) is 37.1 Å². The minimum atomic E-state index is -0.834. The highest BCUT2D eigenvalue weighted by Crippen LogP contribution is 2.34. The zero-order valence-corrected chi connectivity index (χ0v) is 16.2. The van der Waals surface area contributed by atoms with Gasteiger partial charge in [-0.25, -0.2) is 9.18 Å². The molecule has 8 heteroatoms. The molecule has 1 amide bonds. The predicted octanol–water partition coefficient (Wildman–Crippen LogP) is 4.19. The highest BCUT2D eigenvalue weighted by Gasteiger charge is 2.29. The first-order chi connectivity index (χ1) is 14.0. The number of ether oxygens (including phenoxy) is 1. The molecule has 1 aliphatic rings. The quantitative estimate of drug-likeness (QED) is 0.598. The second kappa shape index (κ2) is 7.67. The Kier molecular flexibility index (Phi) is 5.07. The number of fused-ring (bicyclic) bond motifs is 1. The van der Waals surface area contributed by atoms with Gasteiger partial charge in [0.2, 0.25) is 0 Å². The summed E-state index contributed by atoms with van der Waals surface area (Å²) in [4.78, 5) is 26.8. The summed E-state index contributed by atoms with van der Waals surface area (Å²) < 4.78 is 24.5. The van der Waals surface area contributed by atoms with Gasteiger partial charge in [-0.1, -0.05) is 41.0 Å². The Balaban J connectivity index is 1.53. The van der Waals surface area contributed by atoms with Gasteiger partial charge < -0.3 is 14.2 Å². The Hall–Kier alpha value is -3.19. The number of hydrogen-bond acceptors (Lipinski definition) is 5. The van der Waals surface area contributed by atoms with E-state index in [-0.39, 0.29) is 33.5 Å². The molecule has 0 unspecified atom stereocenters. The molecule has 0 radical (unpaired) electrons. The van der Waals surface area contributed by atoms with Crippen molar-refractivity contribution >= 4 is 29.2 Å². The molecule has 4 rings (SSSR count).